The summed E-state index contributed by atoms with van der Waals surface area (Å²) >= 11 is 0. The first-order chi connectivity index (χ1) is 30.1. The molecule has 2 heterocycles. The normalized spacial score (nSPS) is 14.3. The summed E-state index contributed by atoms with van der Waals surface area (Å²) < 4.78 is 10.9. The lowest BCUT2D eigenvalue weighted by molar-refractivity contribution is -0.138. The van der Waals surface area contributed by atoms with Crippen molar-refractivity contribution < 1.29 is 29.3 Å². The molecule has 0 radical (unpaired) electrons. The van der Waals surface area contributed by atoms with Gasteiger partial charge in [-0.2, -0.15) is 0 Å². The number of amides is 2. The highest BCUT2D eigenvalue weighted by molar-refractivity contribution is 5.84. The molecule has 0 aliphatic rings. The summed E-state index contributed by atoms with van der Waals surface area (Å²) in [6.45, 7) is 19.1. The maximum atomic E-state index is 13.9. The average Bonchev–Trinajstić information content (AvgIpc) is 3.97. The number of aliphatic hydroxyl groups is 2. The number of para-hydroxylation sites is 2. The van der Waals surface area contributed by atoms with Crippen molar-refractivity contribution in [2.75, 3.05) is 14.2 Å². The van der Waals surface area contributed by atoms with Crippen LogP contribution in [-0.2, 0) is 9.59 Å². The summed E-state index contributed by atoms with van der Waals surface area (Å²) in [6, 6.07) is 29.7. The van der Waals surface area contributed by atoms with E-state index in [4.69, 9.17) is 19.4 Å². The van der Waals surface area contributed by atoms with Gasteiger partial charge in [-0.05, 0) is 61.8 Å². The number of imidazole rings is 2. The van der Waals surface area contributed by atoms with Crippen LogP contribution in [0.5, 0.6) is 11.5 Å². The molecule has 0 aliphatic heterocycles. The van der Waals surface area contributed by atoms with E-state index in [9.17, 15) is 19.8 Å². The highest BCUT2D eigenvalue weighted by Crippen LogP contribution is 2.42. The third-order valence-electron chi connectivity index (χ3n) is 12.1. The van der Waals surface area contributed by atoms with Crippen LogP contribution in [0.15, 0.2) is 109 Å². The van der Waals surface area contributed by atoms with E-state index >= 15 is 0 Å². The minimum atomic E-state index is -1.18. The van der Waals surface area contributed by atoms with E-state index in [1.54, 1.807) is 66.2 Å². The second-order valence-electron chi connectivity index (χ2n) is 19.8. The van der Waals surface area contributed by atoms with Crippen molar-refractivity contribution in [3.8, 4) is 45.1 Å². The molecule has 4 atom stereocenters. The number of ether oxygens (including phenoxy) is 2. The van der Waals surface area contributed by atoms with Crippen LogP contribution in [0.3, 0.4) is 0 Å². The number of aromatic amines is 2. The van der Waals surface area contributed by atoms with Gasteiger partial charge in [-0.15, -0.1) is 0 Å². The van der Waals surface area contributed by atoms with Gasteiger partial charge in [0.15, 0.2) is 0 Å². The standard InChI is InChI=1S/C52H64N6O6/c1-49(2,3)41(57-47(61)51(7,8)43(59)35-17-13-15-19-39(35)63-11)45-53-29-37(55-45)33-25-21-31(22-26-33)32-23-27-34(28-24-32)38-30-54-46(56-38)42(50(4,5)6)58-48(62)52(9,10)44(60)36-18-14-16-20-40(36)64-12/h13-30,41-44,59-60H,1-12H3,(H,53,55)(H,54,56)(H,57,61)(H,58,62)/t41-,42-,43?,44?/m1/s1. The topological polar surface area (TPSA) is 174 Å². The number of methoxy groups -OCH3 is 2. The third kappa shape index (κ3) is 9.93. The van der Waals surface area contributed by atoms with E-state index < -0.39 is 46.0 Å². The van der Waals surface area contributed by atoms with Crippen LogP contribution in [0.2, 0.25) is 0 Å². The van der Waals surface area contributed by atoms with E-state index in [0.29, 0.717) is 34.3 Å². The highest BCUT2D eigenvalue weighted by atomic mass is 16.5. The number of benzene rings is 4. The Morgan fingerprint density at radius 3 is 1.14 bits per heavy atom. The molecule has 6 aromatic rings. The van der Waals surface area contributed by atoms with Crippen molar-refractivity contribution in [3.05, 3.63) is 132 Å². The lowest BCUT2D eigenvalue weighted by Gasteiger charge is -2.35. The number of hydrogen-bond acceptors (Lipinski definition) is 8. The van der Waals surface area contributed by atoms with E-state index in [1.807, 2.05) is 102 Å². The molecular formula is C52H64N6O6. The molecule has 2 unspecified atom stereocenters. The Labute approximate surface area is 377 Å². The van der Waals surface area contributed by atoms with Crippen molar-refractivity contribution in [1.82, 2.24) is 30.6 Å². The second kappa shape index (κ2) is 18.5. The van der Waals surface area contributed by atoms with E-state index in [0.717, 1.165) is 33.6 Å². The minimum Gasteiger partial charge on any atom is -0.496 e. The van der Waals surface area contributed by atoms with E-state index in [1.165, 1.54) is 0 Å². The summed E-state index contributed by atoms with van der Waals surface area (Å²) in [5.74, 6) is 1.64. The summed E-state index contributed by atoms with van der Waals surface area (Å²) in [6.07, 6.45) is 1.48. The first-order valence-corrected chi connectivity index (χ1v) is 21.6. The van der Waals surface area contributed by atoms with Crippen LogP contribution in [0, 0.1) is 21.7 Å². The van der Waals surface area contributed by atoms with Crippen LogP contribution in [-0.4, -0.2) is 56.2 Å². The Bertz CT molecular complexity index is 2370. The number of hydrogen-bond donors (Lipinski definition) is 6. The van der Waals surface area contributed by atoms with Crippen molar-refractivity contribution in [2.24, 2.45) is 21.7 Å². The summed E-state index contributed by atoms with van der Waals surface area (Å²) in [5, 5.41) is 29.1. The van der Waals surface area contributed by atoms with Crippen LogP contribution in [0.4, 0.5) is 0 Å². The summed E-state index contributed by atoms with van der Waals surface area (Å²) in [5.41, 5.74) is 3.26. The summed E-state index contributed by atoms with van der Waals surface area (Å²) in [7, 11) is 3.09. The number of carbonyl (C=O) groups is 2. The molecule has 6 rings (SSSR count). The average molecular weight is 869 g/mol. The number of H-pyrrole nitrogens is 2. The zero-order chi connectivity index (χ0) is 46.8. The molecule has 2 aromatic heterocycles. The van der Waals surface area contributed by atoms with Crippen molar-refractivity contribution in [3.63, 3.8) is 0 Å². The molecule has 0 saturated heterocycles. The van der Waals surface area contributed by atoms with Crippen LogP contribution >= 0.6 is 0 Å². The Morgan fingerprint density at radius 1 is 0.516 bits per heavy atom. The fraction of sp³-hybridized carbons (Fsp3) is 0.385. The van der Waals surface area contributed by atoms with Crippen molar-refractivity contribution in [2.45, 2.75) is 93.5 Å². The molecule has 6 N–H and O–H groups in total. The van der Waals surface area contributed by atoms with Gasteiger partial charge < -0.3 is 40.3 Å². The third-order valence-corrected chi connectivity index (χ3v) is 12.1. The van der Waals surface area contributed by atoms with Gasteiger partial charge in [-0.3, -0.25) is 9.59 Å². The second-order valence-corrected chi connectivity index (χ2v) is 19.8. The summed E-state index contributed by atoms with van der Waals surface area (Å²) in [4.78, 5) is 44.3. The zero-order valence-electron chi connectivity index (χ0n) is 39.1. The maximum Gasteiger partial charge on any atom is 0.229 e. The van der Waals surface area contributed by atoms with Gasteiger partial charge in [0.2, 0.25) is 11.8 Å². The van der Waals surface area contributed by atoms with Gasteiger partial charge in [-0.1, -0.05) is 126 Å². The molecule has 12 nitrogen and oxygen atoms in total. The number of aromatic nitrogens is 4. The first-order valence-electron chi connectivity index (χ1n) is 21.6. The fourth-order valence-corrected chi connectivity index (χ4v) is 7.77. The van der Waals surface area contributed by atoms with Gasteiger partial charge in [0.1, 0.15) is 23.1 Å². The Morgan fingerprint density at radius 2 is 0.828 bits per heavy atom. The molecule has 64 heavy (non-hydrogen) atoms. The quantitative estimate of drug-likeness (QED) is 0.0591. The molecule has 0 aliphatic carbocycles. The zero-order valence-corrected chi connectivity index (χ0v) is 39.1. The highest BCUT2D eigenvalue weighted by Gasteiger charge is 2.43. The van der Waals surface area contributed by atoms with Gasteiger partial charge in [0.05, 0.1) is 60.7 Å². The Balaban J connectivity index is 1.14. The largest absolute Gasteiger partial charge is 0.496 e. The Kier molecular flexibility index (Phi) is 13.6. The van der Waals surface area contributed by atoms with Crippen LogP contribution in [0.1, 0.15) is 116 Å². The number of nitrogens with zero attached hydrogens (tertiary/aromatic N) is 2. The molecule has 12 heteroatoms. The van der Waals surface area contributed by atoms with Crippen LogP contribution in [0.25, 0.3) is 33.6 Å². The maximum absolute atomic E-state index is 13.9. The lowest BCUT2D eigenvalue weighted by Crippen LogP contribution is -2.46. The number of rotatable bonds is 15. The fourth-order valence-electron chi connectivity index (χ4n) is 7.77. The number of nitrogens with one attached hydrogen (secondary N) is 4. The first kappa shape index (κ1) is 47.2. The SMILES string of the molecule is COc1ccccc1C(O)C(C)(C)C(=O)N[C@H](c1nc(-c2ccc(-c3ccc(-c4c[nH]c([C@@H](NC(=O)C(C)(C)C(O)c5ccccc5OC)C(C)(C)C)n4)cc3)cc2)c[nH]1)C(C)(C)C. The molecule has 2 amide bonds. The van der Waals surface area contributed by atoms with Gasteiger partial charge in [0.25, 0.3) is 0 Å². The molecule has 338 valence electrons. The lowest BCUT2D eigenvalue weighted by atomic mass is 9.79. The predicted octanol–water partition coefficient (Wildman–Crippen LogP) is 10.1. The van der Waals surface area contributed by atoms with Crippen molar-refractivity contribution in [1.29, 1.82) is 0 Å². The molecule has 4 aromatic carbocycles. The van der Waals surface area contributed by atoms with E-state index in [2.05, 4.69) is 44.9 Å². The molecule has 0 fully saturated rings. The van der Waals surface area contributed by atoms with Crippen LogP contribution < -0.4 is 20.1 Å². The van der Waals surface area contributed by atoms with Crippen molar-refractivity contribution >= 4 is 11.8 Å². The molecular weight excluding hydrogens is 805 g/mol. The van der Waals surface area contributed by atoms with Gasteiger partial charge >= 0.3 is 0 Å². The number of carbonyl (C=O) groups excluding carboxylic acids is 2. The molecule has 0 spiro atoms. The molecule has 0 bridgehead atoms. The van der Waals surface area contributed by atoms with E-state index in [-0.39, 0.29) is 11.8 Å². The van der Waals surface area contributed by atoms with Gasteiger partial charge in [0, 0.05) is 34.6 Å². The monoisotopic (exact) mass is 868 g/mol. The Hall–Kier alpha value is -6.24. The predicted molar refractivity (Wildman–Crippen MR) is 251 cm³/mol. The molecule has 0 saturated carbocycles. The minimum absolute atomic E-state index is 0.313. The smallest absolute Gasteiger partial charge is 0.229 e. The van der Waals surface area contributed by atoms with Gasteiger partial charge in [-0.25, -0.2) is 9.97 Å². The number of aliphatic hydroxyl groups excluding tert-OH is 2.